The number of amides is 1. The molecule has 0 aromatic carbocycles. The Morgan fingerprint density at radius 2 is 2.33 bits per heavy atom. The van der Waals surface area contributed by atoms with E-state index in [1.165, 1.54) is 12.3 Å². The van der Waals surface area contributed by atoms with Crippen LogP contribution in [0.3, 0.4) is 0 Å². The van der Waals surface area contributed by atoms with Gasteiger partial charge in [-0.15, -0.1) is 11.3 Å². The topological polar surface area (TPSA) is 81.4 Å². The predicted octanol–water partition coefficient (Wildman–Crippen LogP) is 0.624. The summed E-state index contributed by atoms with van der Waals surface area (Å²) in [5, 5.41) is 13.4. The monoisotopic (exact) mass is 185 g/mol. The van der Waals surface area contributed by atoms with Gasteiger partial charge in [-0.05, 0) is 0 Å². The van der Waals surface area contributed by atoms with Crippen LogP contribution in [0.5, 0.6) is 0 Å². The second-order valence-corrected chi connectivity index (χ2v) is 2.79. The van der Waals surface area contributed by atoms with Gasteiger partial charge in [-0.3, -0.25) is 4.79 Å². The molecular formula is C6H5N2O3S. The van der Waals surface area contributed by atoms with E-state index in [1.54, 1.807) is 0 Å². The molecule has 0 unspecified atom stereocenters. The number of aromatic nitrogens is 1. The number of hydrogen-bond donors (Lipinski definition) is 1. The summed E-state index contributed by atoms with van der Waals surface area (Å²) in [4.78, 5) is 24.3. The molecule has 0 bridgehead atoms. The van der Waals surface area contributed by atoms with E-state index in [2.05, 4.69) is 10.3 Å². The van der Waals surface area contributed by atoms with Gasteiger partial charge in [0, 0.05) is 12.3 Å². The third-order valence-corrected chi connectivity index (χ3v) is 1.70. The number of carboxylic acid groups (broad SMARTS) is 1. The van der Waals surface area contributed by atoms with Gasteiger partial charge in [0.1, 0.15) is 0 Å². The van der Waals surface area contributed by atoms with Crippen LogP contribution >= 0.6 is 11.3 Å². The fourth-order valence-electron chi connectivity index (χ4n) is 0.549. The lowest BCUT2D eigenvalue weighted by Gasteiger charge is -1.87. The quantitative estimate of drug-likeness (QED) is 0.732. The van der Waals surface area contributed by atoms with Gasteiger partial charge < -0.3 is 5.11 Å². The zero-order valence-electron chi connectivity index (χ0n) is 6.14. The summed E-state index contributed by atoms with van der Waals surface area (Å²) >= 11 is 1.03. The Balaban J connectivity index is 2.77. The highest BCUT2D eigenvalue weighted by molar-refractivity contribution is 7.13. The number of carbonyl (C=O) groups excluding carboxylic acids is 1. The molecule has 1 heterocycles. The van der Waals surface area contributed by atoms with Crippen LogP contribution in [0.4, 0.5) is 5.13 Å². The highest BCUT2D eigenvalue weighted by atomic mass is 32.1. The number of hydrogen-bond acceptors (Lipinski definition) is 4. The maximum atomic E-state index is 10.4. The van der Waals surface area contributed by atoms with Crippen molar-refractivity contribution < 1.29 is 14.7 Å². The Kier molecular flexibility index (Phi) is 2.39. The van der Waals surface area contributed by atoms with Crippen LogP contribution in [0, 0.1) is 0 Å². The zero-order valence-corrected chi connectivity index (χ0v) is 6.96. The van der Waals surface area contributed by atoms with Gasteiger partial charge in [-0.1, -0.05) is 0 Å². The maximum Gasteiger partial charge on any atom is 0.355 e. The zero-order chi connectivity index (χ0) is 9.14. The van der Waals surface area contributed by atoms with Crippen molar-refractivity contribution in [3.63, 3.8) is 0 Å². The summed E-state index contributed by atoms with van der Waals surface area (Å²) in [6, 6.07) is 0. The Labute approximate surface area is 72.1 Å². The smallest absolute Gasteiger partial charge is 0.355 e. The van der Waals surface area contributed by atoms with Crippen LogP contribution < -0.4 is 5.32 Å². The molecule has 63 valence electrons. The number of carbonyl (C=O) groups is 2. The molecule has 1 amide bonds. The molecule has 1 rings (SSSR count). The summed E-state index contributed by atoms with van der Waals surface area (Å²) in [6.07, 6.45) is 0. The molecule has 6 heteroatoms. The highest BCUT2D eigenvalue weighted by Crippen LogP contribution is 2.14. The van der Waals surface area contributed by atoms with E-state index in [0.29, 0.717) is 0 Å². The number of aromatic carboxylic acids is 1. The molecule has 0 atom stereocenters. The fourth-order valence-corrected chi connectivity index (χ4v) is 1.25. The first-order chi connectivity index (χ1) is 5.59. The Morgan fingerprint density at radius 1 is 1.67 bits per heavy atom. The molecule has 0 aliphatic heterocycles. The molecule has 1 aromatic rings. The van der Waals surface area contributed by atoms with E-state index < -0.39 is 5.97 Å². The summed E-state index contributed by atoms with van der Waals surface area (Å²) in [5.41, 5.74) is -0.0833. The van der Waals surface area contributed by atoms with Crippen molar-refractivity contribution in [3.8, 4) is 0 Å². The van der Waals surface area contributed by atoms with Gasteiger partial charge in [-0.25, -0.2) is 9.78 Å². The van der Waals surface area contributed by atoms with E-state index in [4.69, 9.17) is 5.11 Å². The molecule has 1 aromatic heterocycles. The first kappa shape index (κ1) is 8.66. The first-order valence-corrected chi connectivity index (χ1v) is 3.88. The second kappa shape index (κ2) is 3.31. The molecule has 1 radical (unpaired) electrons. The summed E-state index contributed by atoms with van der Waals surface area (Å²) in [5.74, 6) is -1.50. The third-order valence-electron chi connectivity index (χ3n) is 0.964. The number of thiazole rings is 1. The molecular weight excluding hydrogens is 180 g/mol. The van der Waals surface area contributed by atoms with Crippen LogP contribution in [0.2, 0.25) is 0 Å². The lowest BCUT2D eigenvalue weighted by atomic mass is 10.5. The van der Waals surface area contributed by atoms with Crippen molar-refractivity contribution >= 4 is 28.3 Å². The largest absolute Gasteiger partial charge is 0.476 e. The van der Waals surface area contributed by atoms with E-state index in [-0.39, 0.29) is 16.7 Å². The van der Waals surface area contributed by atoms with Crippen LogP contribution in [0.1, 0.15) is 17.4 Å². The van der Waals surface area contributed by atoms with Crippen molar-refractivity contribution in [2.24, 2.45) is 0 Å². The molecule has 1 N–H and O–H groups in total. The molecule has 0 aliphatic rings. The van der Waals surface area contributed by atoms with E-state index >= 15 is 0 Å². The Bertz CT molecular complexity index is 320. The average Bonchev–Trinajstić information content (AvgIpc) is 2.34. The van der Waals surface area contributed by atoms with E-state index in [1.807, 2.05) is 0 Å². The number of carboxylic acids is 1. The fraction of sp³-hybridized carbons (Fsp3) is 0.167. The molecule has 5 nitrogen and oxygen atoms in total. The van der Waals surface area contributed by atoms with Gasteiger partial charge in [0.2, 0.25) is 11.0 Å². The number of nitrogens with zero attached hydrogens (tertiary/aromatic N) is 2. The summed E-state index contributed by atoms with van der Waals surface area (Å²) in [7, 11) is 0. The van der Waals surface area contributed by atoms with Crippen molar-refractivity contribution in [1.82, 2.24) is 10.3 Å². The van der Waals surface area contributed by atoms with Crippen LogP contribution in [0.25, 0.3) is 0 Å². The molecule has 0 fully saturated rings. The van der Waals surface area contributed by atoms with Crippen LogP contribution in [-0.4, -0.2) is 22.0 Å². The summed E-state index contributed by atoms with van der Waals surface area (Å²) < 4.78 is 0. The summed E-state index contributed by atoms with van der Waals surface area (Å²) in [6.45, 7) is 1.28. The molecule has 0 spiro atoms. The SMILES string of the molecule is CC(=O)[N]c1nc(C(=O)O)cs1. The minimum absolute atomic E-state index is 0.0833. The van der Waals surface area contributed by atoms with Crippen molar-refractivity contribution in [2.75, 3.05) is 0 Å². The minimum Gasteiger partial charge on any atom is -0.476 e. The normalized spacial score (nSPS) is 9.42. The lowest BCUT2D eigenvalue weighted by Crippen LogP contribution is -2.04. The standard InChI is InChI=1S/C6H5N2O3S/c1-3(9)7-6-8-4(2-12-6)5(10)11/h2H,1H3,(H,10,11). The van der Waals surface area contributed by atoms with Crippen molar-refractivity contribution in [2.45, 2.75) is 6.92 Å². The predicted molar refractivity (Wildman–Crippen MR) is 41.5 cm³/mol. The number of rotatable bonds is 2. The second-order valence-electron chi connectivity index (χ2n) is 1.95. The minimum atomic E-state index is -1.11. The molecule has 0 aliphatic carbocycles. The van der Waals surface area contributed by atoms with Crippen LogP contribution in [0.15, 0.2) is 5.38 Å². The molecule has 0 saturated carbocycles. The van der Waals surface area contributed by atoms with Gasteiger partial charge in [0.25, 0.3) is 0 Å². The molecule has 0 saturated heterocycles. The van der Waals surface area contributed by atoms with Gasteiger partial charge in [-0.2, -0.15) is 5.32 Å². The van der Waals surface area contributed by atoms with E-state index in [9.17, 15) is 9.59 Å². The third kappa shape index (κ3) is 2.03. The van der Waals surface area contributed by atoms with Crippen molar-refractivity contribution in [1.29, 1.82) is 0 Å². The maximum absolute atomic E-state index is 10.4. The Hall–Kier alpha value is -1.43. The lowest BCUT2D eigenvalue weighted by molar-refractivity contribution is -0.118. The van der Waals surface area contributed by atoms with Gasteiger partial charge >= 0.3 is 5.97 Å². The molecule has 12 heavy (non-hydrogen) atoms. The van der Waals surface area contributed by atoms with E-state index in [0.717, 1.165) is 11.3 Å². The first-order valence-electron chi connectivity index (χ1n) is 3.00. The highest BCUT2D eigenvalue weighted by Gasteiger charge is 2.09. The van der Waals surface area contributed by atoms with Crippen molar-refractivity contribution in [3.05, 3.63) is 11.1 Å². The van der Waals surface area contributed by atoms with Crippen LogP contribution in [-0.2, 0) is 4.79 Å². The average molecular weight is 185 g/mol. The van der Waals surface area contributed by atoms with Gasteiger partial charge in [0.05, 0.1) is 0 Å². The van der Waals surface area contributed by atoms with Gasteiger partial charge in [0.15, 0.2) is 5.69 Å². The Morgan fingerprint density at radius 3 is 2.75 bits per heavy atom.